The van der Waals surface area contributed by atoms with Crippen molar-refractivity contribution in [3.63, 3.8) is 0 Å². The third-order valence-corrected chi connectivity index (χ3v) is 4.12. The van der Waals surface area contributed by atoms with E-state index < -0.39 is 0 Å². The Balaban J connectivity index is 2.15. The molecule has 7 heteroatoms. The summed E-state index contributed by atoms with van der Waals surface area (Å²) in [6, 6.07) is 5.56. The summed E-state index contributed by atoms with van der Waals surface area (Å²) in [5.74, 6) is 0.171. The van der Waals surface area contributed by atoms with Gasteiger partial charge in [0.25, 0.3) is 5.91 Å². The molecule has 0 bridgehead atoms. The van der Waals surface area contributed by atoms with Gasteiger partial charge in [0.05, 0.1) is 4.47 Å². The Morgan fingerprint density at radius 1 is 1.38 bits per heavy atom. The molecule has 110 valence electrons. The van der Waals surface area contributed by atoms with E-state index in [4.69, 9.17) is 0 Å². The van der Waals surface area contributed by atoms with Crippen LogP contribution in [0.4, 0.5) is 10.1 Å². The average Bonchev–Trinajstić information content (AvgIpc) is 2.48. The average molecular weight is 370 g/mol. The summed E-state index contributed by atoms with van der Waals surface area (Å²) in [4.78, 5) is 20.6. The van der Waals surface area contributed by atoms with E-state index in [9.17, 15) is 9.18 Å². The van der Waals surface area contributed by atoms with Crippen LogP contribution in [-0.4, -0.2) is 21.6 Å². The molecule has 2 rings (SSSR count). The lowest BCUT2D eigenvalue weighted by Gasteiger charge is -2.07. The van der Waals surface area contributed by atoms with Gasteiger partial charge in [-0.05, 0) is 46.6 Å². The fraction of sp³-hybridized carbons (Fsp3) is 0.214. The van der Waals surface area contributed by atoms with Gasteiger partial charge in [-0.3, -0.25) is 4.79 Å². The summed E-state index contributed by atoms with van der Waals surface area (Å²) in [5.41, 5.74) is 0.766. The van der Waals surface area contributed by atoms with Gasteiger partial charge >= 0.3 is 0 Å². The molecule has 4 nitrogen and oxygen atoms in total. The van der Waals surface area contributed by atoms with Crippen molar-refractivity contribution in [3.05, 3.63) is 46.4 Å². The third kappa shape index (κ3) is 4.50. The van der Waals surface area contributed by atoms with Crippen LogP contribution in [0.3, 0.4) is 0 Å². The van der Waals surface area contributed by atoms with Gasteiger partial charge in [0.2, 0.25) is 0 Å². The van der Waals surface area contributed by atoms with Crippen molar-refractivity contribution in [2.24, 2.45) is 0 Å². The minimum Gasteiger partial charge on any atom is -0.321 e. The number of carbonyl (C=O) groups is 1. The molecule has 1 aromatic heterocycles. The molecule has 0 radical (unpaired) electrons. The van der Waals surface area contributed by atoms with Crippen molar-refractivity contribution in [2.45, 2.75) is 18.5 Å². The molecular formula is C14H13BrFN3OS. The fourth-order valence-electron chi connectivity index (χ4n) is 1.50. The van der Waals surface area contributed by atoms with Crippen LogP contribution in [0.1, 0.15) is 23.8 Å². The molecular weight excluding hydrogens is 357 g/mol. The number of nitrogens with one attached hydrogen (secondary N) is 1. The molecule has 0 spiro atoms. The number of anilines is 1. The number of hydrogen-bond donors (Lipinski definition) is 1. The number of amides is 1. The molecule has 0 fully saturated rings. The second-order valence-corrected chi connectivity index (χ2v) is 6.08. The number of nitrogens with zero attached hydrogens (tertiary/aromatic N) is 2. The SMILES string of the molecule is CCCSc1ncc(Br)c(C(=O)Nc2ccc(F)cc2)n1. The zero-order valence-electron chi connectivity index (χ0n) is 11.3. The first kappa shape index (κ1) is 15.9. The first-order valence-electron chi connectivity index (χ1n) is 6.32. The Morgan fingerprint density at radius 2 is 2.10 bits per heavy atom. The molecule has 0 aliphatic rings. The number of hydrogen-bond acceptors (Lipinski definition) is 4. The number of thioether (sulfide) groups is 1. The summed E-state index contributed by atoms with van der Waals surface area (Å²) >= 11 is 4.77. The van der Waals surface area contributed by atoms with Crippen LogP contribution >= 0.6 is 27.7 Å². The van der Waals surface area contributed by atoms with Gasteiger partial charge in [0.1, 0.15) is 11.5 Å². The summed E-state index contributed by atoms with van der Waals surface area (Å²) in [5, 5.41) is 3.23. The maximum atomic E-state index is 12.8. The molecule has 1 amide bonds. The highest BCUT2D eigenvalue weighted by Crippen LogP contribution is 2.20. The minimum atomic E-state index is -0.366. The quantitative estimate of drug-likeness (QED) is 0.635. The molecule has 1 aromatic carbocycles. The van der Waals surface area contributed by atoms with Gasteiger partial charge in [-0.1, -0.05) is 18.7 Å². The van der Waals surface area contributed by atoms with E-state index in [1.807, 2.05) is 0 Å². The van der Waals surface area contributed by atoms with E-state index in [2.05, 4.69) is 38.1 Å². The van der Waals surface area contributed by atoms with E-state index in [1.165, 1.54) is 36.0 Å². The Labute approximate surface area is 134 Å². The van der Waals surface area contributed by atoms with Gasteiger partial charge in [0, 0.05) is 17.6 Å². The first-order chi connectivity index (χ1) is 10.1. The Hall–Kier alpha value is -1.47. The third-order valence-electron chi connectivity index (χ3n) is 2.47. The lowest BCUT2D eigenvalue weighted by Crippen LogP contribution is -2.15. The highest BCUT2D eigenvalue weighted by Gasteiger charge is 2.14. The summed E-state index contributed by atoms with van der Waals surface area (Å²) < 4.78 is 13.4. The molecule has 0 saturated carbocycles. The fourth-order valence-corrected chi connectivity index (χ4v) is 2.54. The second kappa shape index (κ2) is 7.51. The van der Waals surface area contributed by atoms with Gasteiger partial charge < -0.3 is 5.32 Å². The minimum absolute atomic E-state index is 0.257. The molecule has 1 N–H and O–H groups in total. The van der Waals surface area contributed by atoms with Crippen molar-refractivity contribution in [1.82, 2.24) is 9.97 Å². The van der Waals surface area contributed by atoms with Crippen molar-refractivity contribution in [1.29, 1.82) is 0 Å². The number of carbonyl (C=O) groups excluding carboxylic acids is 1. The Kier molecular flexibility index (Phi) is 5.69. The van der Waals surface area contributed by atoms with Gasteiger partial charge in [-0.2, -0.15) is 0 Å². The standard InChI is InChI=1S/C14H13BrFN3OS/c1-2-7-21-14-17-8-11(15)12(19-14)13(20)18-10-5-3-9(16)4-6-10/h3-6,8H,2,7H2,1H3,(H,18,20). The lowest BCUT2D eigenvalue weighted by molar-refractivity contribution is 0.102. The lowest BCUT2D eigenvalue weighted by atomic mass is 10.3. The van der Waals surface area contributed by atoms with Crippen LogP contribution in [0.5, 0.6) is 0 Å². The smallest absolute Gasteiger partial charge is 0.275 e. The van der Waals surface area contributed by atoms with Crippen LogP contribution < -0.4 is 5.32 Å². The van der Waals surface area contributed by atoms with Crippen molar-refractivity contribution in [2.75, 3.05) is 11.1 Å². The normalized spacial score (nSPS) is 10.4. The van der Waals surface area contributed by atoms with Crippen LogP contribution in [0, 0.1) is 5.82 Å². The maximum absolute atomic E-state index is 12.8. The predicted octanol–water partition coefficient (Wildman–Crippen LogP) is 4.13. The van der Waals surface area contributed by atoms with Gasteiger partial charge in [-0.15, -0.1) is 0 Å². The summed E-state index contributed by atoms with van der Waals surface area (Å²) in [6.07, 6.45) is 2.56. The predicted molar refractivity (Wildman–Crippen MR) is 85.1 cm³/mol. The number of aromatic nitrogens is 2. The highest BCUT2D eigenvalue weighted by molar-refractivity contribution is 9.10. The molecule has 0 aliphatic heterocycles. The van der Waals surface area contributed by atoms with Gasteiger partial charge in [0.15, 0.2) is 5.16 Å². The second-order valence-electron chi connectivity index (χ2n) is 4.16. The van der Waals surface area contributed by atoms with E-state index in [0.29, 0.717) is 15.3 Å². The van der Waals surface area contributed by atoms with E-state index in [0.717, 1.165) is 12.2 Å². The Morgan fingerprint density at radius 3 is 2.76 bits per heavy atom. The van der Waals surface area contributed by atoms with Crippen molar-refractivity contribution < 1.29 is 9.18 Å². The monoisotopic (exact) mass is 369 g/mol. The first-order valence-corrected chi connectivity index (χ1v) is 8.10. The molecule has 21 heavy (non-hydrogen) atoms. The molecule has 0 atom stereocenters. The molecule has 2 aromatic rings. The van der Waals surface area contributed by atoms with Crippen molar-refractivity contribution >= 4 is 39.3 Å². The van der Waals surface area contributed by atoms with Crippen LogP contribution in [0.15, 0.2) is 40.1 Å². The van der Waals surface area contributed by atoms with Crippen LogP contribution in [0.2, 0.25) is 0 Å². The zero-order valence-corrected chi connectivity index (χ0v) is 13.7. The number of benzene rings is 1. The molecule has 0 aliphatic carbocycles. The highest BCUT2D eigenvalue weighted by atomic mass is 79.9. The molecule has 0 unspecified atom stereocenters. The Bertz CT molecular complexity index is 637. The van der Waals surface area contributed by atoms with Crippen LogP contribution in [-0.2, 0) is 0 Å². The number of rotatable bonds is 5. The van der Waals surface area contributed by atoms with Gasteiger partial charge in [-0.25, -0.2) is 14.4 Å². The maximum Gasteiger partial charge on any atom is 0.275 e. The van der Waals surface area contributed by atoms with Crippen LogP contribution in [0.25, 0.3) is 0 Å². The zero-order chi connectivity index (χ0) is 15.2. The van der Waals surface area contributed by atoms with E-state index >= 15 is 0 Å². The number of halogens is 2. The topological polar surface area (TPSA) is 54.9 Å². The summed E-state index contributed by atoms with van der Waals surface area (Å²) in [6.45, 7) is 2.06. The molecule has 0 saturated heterocycles. The van der Waals surface area contributed by atoms with Crippen molar-refractivity contribution in [3.8, 4) is 0 Å². The van der Waals surface area contributed by atoms with E-state index in [1.54, 1.807) is 6.20 Å². The largest absolute Gasteiger partial charge is 0.321 e. The molecule has 1 heterocycles. The summed E-state index contributed by atoms with van der Waals surface area (Å²) in [7, 11) is 0. The van der Waals surface area contributed by atoms with E-state index in [-0.39, 0.29) is 17.4 Å².